The summed E-state index contributed by atoms with van der Waals surface area (Å²) >= 11 is 0. The average molecular weight is 349 g/mol. The Labute approximate surface area is 150 Å². The summed E-state index contributed by atoms with van der Waals surface area (Å²) in [6, 6.07) is 12.2. The summed E-state index contributed by atoms with van der Waals surface area (Å²) in [5, 5.41) is 5.72. The number of amides is 2. The number of aryl methyl sites for hydroxylation is 1. The second-order valence-corrected chi connectivity index (χ2v) is 6.76. The Hall–Kier alpha value is -3.15. The van der Waals surface area contributed by atoms with Crippen LogP contribution in [-0.4, -0.2) is 16.8 Å². The minimum absolute atomic E-state index is 0.0150. The molecule has 26 heavy (non-hydrogen) atoms. The third kappa shape index (κ3) is 3.31. The molecule has 3 aromatic rings. The van der Waals surface area contributed by atoms with Gasteiger partial charge in [-0.2, -0.15) is 0 Å². The van der Waals surface area contributed by atoms with Gasteiger partial charge in [0.1, 0.15) is 5.52 Å². The number of benzene rings is 2. The second-order valence-electron chi connectivity index (χ2n) is 6.76. The number of carbonyl (C=O) groups is 2. The van der Waals surface area contributed by atoms with Crippen LogP contribution in [-0.2, 0) is 4.79 Å². The van der Waals surface area contributed by atoms with Crippen molar-refractivity contribution < 1.29 is 14.0 Å². The van der Waals surface area contributed by atoms with Gasteiger partial charge in [-0.3, -0.25) is 9.59 Å². The molecule has 1 fully saturated rings. The highest BCUT2D eigenvalue weighted by molar-refractivity contribution is 6.06. The topological polar surface area (TPSA) is 84.2 Å². The first-order chi connectivity index (χ1) is 12.5. The molecule has 132 valence electrons. The first-order valence-corrected chi connectivity index (χ1v) is 8.59. The molecule has 0 saturated heterocycles. The van der Waals surface area contributed by atoms with Crippen molar-refractivity contribution in [2.24, 2.45) is 11.8 Å². The normalized spacial score (nSPS) is 18.5. The van der Waals surface area contributed by atoms with Gasteiger partial charge in [-0.1, -0.05) is 13.0 Å². The maximum absolute atomic E-state index is 12.5. The van der Waals surface area contributed by atoms with Crippen molar-refractivity contribution in [2.75, 3.05) is 10.6 Å². The number of oxazole rings is 1. The van der Waals surface area contributed by atoms with Crippen LogP contribution in [0, 0.1) is 18.8 Å². The molecule has 2 N–H and O–H groups in total. The van der Waals surface area contributed by atoms with Crippen molar-refractivity contribution >= 4 is 34.3 Å². The molecule has 0 radical (unpaired) electrons. The van der Waals surface area contributed by atoms with E-state index in [0.717, 1.165) is 11.9 Å². The van der Waals surface area contributed by atoms with E-state index in [2.05, 4.69) is 22.5 Å². The molecule has 2 unspecified atom stereocenters. The summed E-state index contributed by atoms with van der Waals surface area (Å²) in [6.07, 6.45) is 0.926. The Morgan fingerprint density at radius 1 is 1.12 bits per heavy atom. The lowest BCUT2D eigenvalue weighted by Crippen LogP contribution is -2.16. The molecule has 0 bridgehead atoms. The number of hydrogen-bond acceptors (Lipinski definition) is 4. The van der Waals surface area contributed by atoms with E-state index in [0.29, 0.717) is 34.3 Å². The predicted octanol–water partition coefficient (Wildman–Crippen LogP) is 3.98. The van der Waals surface area contributed by atoms with Gasteiger partial charge in [-0.15, -0.1) is 0 Å². The van der Waals surface area contributed by atoms with Gasteiger partial charge in [0.25, 0.3) is 5.91 Å². The molecular formula is C20H19N3O3. The summed E-state index contributed by atoms with van der Waals surface area (Å²) in [5.74, 6) is 0.871. The zero-order valence-electron chi connectivity index (χ0n) is 14.6. The predicted molar refractivity (Wildman–Crippen MR) is 99.0 cm³/mol. The van der Waals surface area contributed by atoms with Crippen LogP contribution in [0.15, 0.2) is 46.9 Å². The Bertz CT molecular complexity index is 1010. The molecule has 2 aromatic carbocycles. The largest absolute Gasteiger partial charge is 0.441 e. The van der Waals surface area contributed by atoms with E-state index in [-0.39, 0.29) is 17.7 Å². The van der Waals surface area contributed by atoms with Crippen LogP contribution in [0.25, 0.3) is 11.1 Å². The molecule has 6 nitrogen and oxygen atoms in total. The van der Waals surface area contributed by atoms with Crippen LogP contribution in [0.1, 0.15) is 29.6 Å². The van der Waals surface area contributed by atoms with Crippen LogP contribution in [0.3, 0.4) is 0 Å². The first-order valence-electron chi connectivity index (χ1n) is 8.59. The van der Waals surface area contributed by atoms with Crippen molar-refractivity contribution in [3.63, 3.8) is 0 Å². The maximum atomic E-state index is 12.5. The lowest BCUT2D eigenvalue weighted by atomic mass is 10.1. The number of anilines is 2. The third-order valence-electron chi connectivity index (χ3n) is 4.59. The van der Waals surface area contributed by atoms with Crippen molar-refractivity contribution in [1.29, 1.82) is 0 Å². The van der Waals surface area contributed by atoms with E-state index in [9.17, 15) is 9.59 Å². The van der Waals surface area contributed by atoms with Crippen molar-refractivity contribution in [3.05, 3.63) is 53.9 Å². The number of rotatable bonds is 4. The Kier molecular flexibility index (Phi) is 3.95. The fraction of sp³-hybridized carbons (Fsp3) is 0.250. The summed E-state index contributed by atoms with van der Waals surface area (Å²) in [4.78, 5) is 28.8. The zero-order chi connectivity index (χ0) is 18.3. The zero-order valence-corrected chi connectivity index (χ0v) is 14.6. The molecule has 1 heterocycles. The lowest BCUT2D eigenvalue weighted by molar-refractivity contribution is -0.117. The summed E-state index contributed by atoms with van der Waals surface area (Å²) in [6.45, 7) is 3.83. The Balaban J connectivity index is 1.48. The van der Waals surface area contributed by atoms with Gasteiger partial charge in [-0.25, -0.2) is 4.98 Å². The minimum atomic E-state index is -0.253. The van der Waals surface area contributed by atoms with Gasteiger partial charge in [0, 0.05) is 35.8 Å². The van der Waals surface area contributed by atoms with Gasteiger partial charge in [-0.05, 0) is 42.7 Å². The average Bonchev–Trinajstić information content (AvgIpc) is 3.22. The van der Waals surface area contributed by atoms with Gasteiger partial charge in [0.05, 0.1) is 0 Å². The number of hydrogen-bond donors (Lipinski definition) is 2. The number of nitrogens with one attached hydrogen (secondary N) is 2. The summed E-state index contributed by atoms with van der Waals surface area (Å²) < 4.78 is 5.49. The molecule has 6 heteroatoms. The molecule has 2 amide bonds. The number of aromatic nitrogens is 1. The number of nitrogens with zero attached hydrogens (tertiary/aromatic N) is 1. The highest BCUT2D eigenvalue weighted by atomic mass is 16.3. The first kappa shape index (κ1) is 16.3. The van der Waals surface area contributed by atoms with Gasteiger partial charge in [0.15, 0.2) is 11.5 Å². The highest BCUT2D eigenvalue weighted by Crippen LogP contribution is 2.38. The van der Waals surface area contributed by atoms with E-state index in [1.165, 1.54) is 0 Å². The van der Waals surface area contributed by atoms with E-state index in [1.54, 1.807) is 49.4 Å². The van der Waals surface area contributed by atoms with Crippen molar-refractivity contribution in [1.82, 2.24) is 4.98 Å². The molecule has 1 aromatic heterocycles. The van der Waals surface area contributed by atoms with E-state index >= 15 is 0 Å². The number of carbonyl (C=O) groups excluding carboxylic acids is 2. The SMILES string of the molecule is Cc1nc2ccc(NC(=O)c3cccc(NC(=O)C4CC4C)c3)cc2o1. The molecule has 0 spiro atoms. The smallest absolute Gasteiger partial charge is 0.255 e. The monoisotopic (exact) mass is 349 g/mol. The second kappa shape index (κ2) is 6.29. The van der Waals surface area contributed by atoms with Crippen LogP contribution in [0.4, 0.5) is 11.4 Å². The Morgan fingerprint density at radius 2 is 1.88 bits per heavy atom. The van der Waals surface area contributed by atoms with Crippen LogP contribution in [0.2, 0.25) is 0 Å². The fourth-order valence-electron chi connectivity index (χ4n) is 2.98. The van der Waals surface area contributed by atoms with Crippen LogP contribution < -0.4 is 10.6 Å². The van der Waals surface area contributed by atoms with Crippen LogP contribution in [0.5, 0.6) is 0 Å². The quantitative estimate of drug-likeness (QED) is 0.746. The molecule has 1 aliphatic rings. The number of fused-ring (bicyclic) bond motifs is 1. The van der Waals surface area contributed by atoms with Crippen molar-refractivity contribution in [3.8, 4) is 0 Å². The van der Waals surface area contributed by atoms with Crippen LogP contribution >= 0.6 is 0 Å². The molecule has 2 atom stereocenters. The summed E-state index contributed by atoms with van der Waals surface area (Å²) in [7, 11) is 0. The molecule has 1 aliphatic carbocycles. The Morgan fingerprint density at radius 3 is 2.65 bits per heavy atom. The van der Waals surface area contributed by atoms with Crippen molar-refractivity contribution in [2.45, 2.75) is 20.3 Å². The van der Waals surface area contributed by atoms with E-state index in [4.69, 9.17) is 4.42 Å². The standard InChI is InChI=1S/C20H19N3O3/c1-11-8-16(11)20(25)23-14-5-3-4-13(9-14)19(24)22-15-6-7-17-18(10-15)26-12(2)21-17/h3-7,9-11,16H,8H2,1-2H3,(H,22,24)(H,23,25). The maximum Gasteiger partial charge on any atom is 0.255 e. The van der Waals surface area contributed by atoms with E-state index < -0.39 is 0 Å². The van der Waals surface area contributed by atoms with Gasteiger partial charge in [0.2, 0.25) is 5.91 Å². The van der Waals surface area contributed by atoms with Gasteiger partial charge >= 0.3 is 0 Å². The summed E-state index contributed by atoms with van der Waals surface area (Å²) in [5.41, 5.74) is 3.10. The van der Waals surface area contributed by atoms with E-state index in [1.807, 2.05) is 0 Å². The lowest BCUT2D eigenvalue weighted by Gasteiger charge is -2.08. The fourth-order valence-corrected chi connectivity index (χ4v) is 2.98. The van der Waals surface area contributed by atoms with Gasteiger partial charge < -0.3 is 15.1 Å². The minimum Gasteiger partial charge on any atom is -0.441 e. The molecule has 0 aliphatic heterocycles. The highest BCUT2D eigenvalue weighted by Gasteiger charge is 2.39. The third-order valence-corrected chi connectivity index (χ3v) is 4.59. The molecular weight excluding hydrogens is 330 g/mol. The molecule has 1 saturated carbocycles. The molecule has 4 rings (SSSR count).